The lowest BCUT2D eigenvalue weighted by molar-refractivity contribution is -0.113. The Balaban J connectivity index is 1.91. The van der Waals surface area contributed by atoms with Crippen LogP contribution in [-0.4, -0.2) is 66.0 Å². The van der Waals surface area contributed by atoms with Crippen LogP contribution >= 0.6 is 11.8 Å². The maximum absolute atomic E-state index is 12.5. The van der Waals surface area contributed by atoms with Crippen LogP contribution in [0.15, 0.2) is 40.6 Å². The predicted octanol–water partition coefficient (Wildman–Crippen LogP) is 2.08. The van der Waals surface area contributed by atoms with Crippen LogP contribution in [0.5, 0.6) is 0 Å². The molecular weight excluding hydrogens is 414 g/mol. The summed E-state index contributed by atoms with van der Waals surface area (Å²) in [5, 5.41) is 11.3. The van der Waals surface area contributed by atoms with Crippen molar-refractivity contribution in [2.45, 2.75) is 36.9 Å². The zero-order chi connectivity index (χ0) is 21.3. The minimum absolute atomic E-state index is 0.169. The number of nitrogens with zero attached hydrogens (tertiary/aromatic N) is 4. The third-order valence-electron chi connectivity index (χ3n) is 4.14. The molecule has 0 aliphatic heterocycles. The zero-order valence-electron chi connectivity index (χ0n) is 16.9. The molecule has 0 saturated carbocycles. The van der Waals surface area contributed by atoms with Crippen molar-refractivity contribution in [1.82, 2.24) is 19.1 Å². The molecule has 0 atom stereocenters. The lowest BCUT2D eigenvalue weighted by Gasteiger charge is -2.18. The fraction of sp³-hybridized carbons (Fsp3) is 0.500. The molecule has 0 aliphatic rings. The molecule has 0 fully saturated rings. The first-order chi connectivity index (χ1) is 13.9. The molecule has 0 saturated heterocycles. The van der Waals surface area contributed by atoms with Gasteiger partial charge in [-0.2, -0.15) is 4.31 Å². The Bertz CT molecular complexity index is 880. The van der Waals surface area contributed by atoms with Crippen molar-refractivity contribution in [3.05, 3.63) is 30.6 Å². The van der Waals surface area contributed by atoms with E-state index < -0.39 is 10.0 Å². The van der Waals surface area contributed by atoms with Crippen LogP contribution in [0.1, 0.15) is 20.3 Å². The summed E-state index contributed by atoms with van der Waals surface area (Å²) in [5.74, 6) is -0.0385. The Labute approximate surface area is 175 Å². The fourth-order valence-corrected chi connectivity index (χ4v) is 4.84. The van der Waals surface area contributed by atoms with Crippen LogP contribution in [-0.2, 0) is 26.1 Å². The number of methoxy groups -OCH3 is 1. The van der Waals surface area contributed by atoms with Gasteiger partial charge in [-0.3, -0.25) is 4.79 Å². The maximum atomic E-state index is 12.5. The van der Waals surface area contributed by atoms with Crippen LogP contribution in [0, 0.1) is 0 Å². The van der Waals surface area contributed by atoms with E-state index in [1.165, 1.54) is 28.2 Å². The summed E-state index contributed by atoms with van der Waals surface area (Å²) in [5.41, 5.74) is 0.538. The lowest BCUT2D eigenvalue weighted by atomic mass is 10.3. The average molecular weight is 442 g/mol. The first-order valence-electron chi connectivity index (χ1n) is 9.32. The highest BCUT2D eigenvalue weighted by atomic mass is 32.2. The number of carbonyl (C=O) groups excluding carboxylic acids is 1. The van der Waals surface area contributed by atoms with Gasteiger partial charge < -0.3 is 14.6 Å². The number of hydrogen-bond donors (Lipinski definition) is 1. The van der Waals surface area contributed by atoms with Gasteiger partial charge in [-0.05, 0) is 30.7 Å². The number of thioether (sulfide) groups is 1. The largest absolute Gasteiger partial charge is 0.385 e. The van der Waals surface area contributed by atoms with Gasteiger partial charge in [0, 0.05) is 39.0 Å². The highest BCUT2D eigenvalue weighted by molar-refractivity contribution is 7.99. The monoisotopic (exact) mass is 441 g/mol. The van der Waals surface area contributed by atoms with Crippen molar-refractivity contribution in [1.29, 1.82) is 0 Å². The topological polar surface area (TPSA) is 106 Å². The molecule has 160 valence electrons. The van der Waals surface area contributed by atoms with E-state index in [2.05, 4.69) is 15.5 Å². The molecule has 1 N–H and O–H groups in total. The molecule has 29 heavy (non-hydrogen) atoms. The van der Waals surface area contributed by atoms with Gasteiger partial charge in [-0.1, -0.05) is 25.6 Å². The average Bonchev–Trinajstić information content (AvgIpc) is 3.15. The van der Waals surface area contributed by atoms with E-state index in [0.29, 0.717) is 37.1 Å². The van der Waals surface area contributed by atoms with E-state index in [9.17, 15) is 13.2 Å². The molecule has 1 aromatic heterocycles. The molecule has 0 unspecified atom stereocenters. The Morgan fingerprint density at radius 1 is 1.24 bits per heavy atom. The number of nitrogens with one attached hydrogen (secondary N) is 1. The maximum Gasteiger partial charge on any atom is 0.243 e. The quantitative estimate of drug-likeness (QED) is 0.397. The molecule has 2 rings (SSSR count). The smallest absolute Gasteiger partial charge is 0.243 e. The number of amides is 1. The summed E-state index contributed by atoms with van der Waals surface area (Å²) < 4.78 is 33.3. The SMILES string of the molecule is CCN(CC)S(=O)(=O)c1ccc(NC(=O)CSc2nncn2CCCOC)cc1. The molecule has 1 aromatic carbocycles. The predicted molar refractivity (Wildman–Crippen MR) is 112 cm³/mol. The van der Waals surface area contributed by atoms with E-state index in [4.69, 9.17) is 4.74 Å². The molecule has 1 heterocycles. The van der Waals surface area contributed by atoms with Gasteiger partial charge in [0.25, 0.3) is 0 Å². The molecule has 1 amide bonds. The van der Waals surface area contributed by atoms with Gasteiger partial charge in [0.2, 0.25) is 15.9 Å². The molecule has 0 spiro atoms. The molecule has 9 nitrogen and oxygen atoms in total. The van der Waals surface area contributed by atoms with Crippen LogP contribution in [0.2, 0.25) is 0 Å². The summed E-state index contributed by atoms with van der Waals surface area (Å²) in [6, 6.07) is 6.18. The van der Waals surface area contributed by atoms with Crippen molar-refractivity contribution < 1.29 is 17.9 Å². The van der Waals surface area contributed by atoms with Gasteiger partial charge >= 0.3 is 0 Å². The van der Waals surface area contributed by atoms with Crippen molar-refractivity contribution >= 4 is 33.4 Å². The Morgan fingerprint density at radius 3 is 2.55 bits per heavy atom. The van der Waals surface area contributed by atoms with Gasteiger partial charge in [-0.25, -0.2) is 8.42 Å². The van der Waals surface area contributed by atoms with E-state index in [0.717, 1.165) is 6.42 Å². The Hall–Kier alpha value is -1.95. The normalized spacial score (nSPS) is 11.7. The first kappa shape index (κ1) is 23.3. The van der Waals surface area contributed by atoms with Gasteiger partial charge in [0.05, 0.1) is 10.6 Å². The van der Waals surface area contributed by atoms with Crippen molar-refractivity contribution in [2.24, 2.45) is 0 Å². The summed E-state index contributed by atoms with van der Waals surface area (Å²) in [6.07, 6.45) is 2.46. The zero-order valence-corrected chi connectivity index (χ0v) is 18.5. The second kappa shape index (κ2) is 11.3. The number of hydrogen-bond acceptors (Lipinski definition) is 7. The highest BCUT2D eigenvalue weighted by Crippen LogP contribution is 2.19. The van der Waals surface area contributed by atoms with Crippen molar-refractivity contribution in [2.75, 3.05) is 37.9 Å². The molecule has 0 aliphatic carbocycles. The summed E-state index contributed by atoms with van der Waals surface area (Å²) >= 11 is 1.29. The number of carbonyl (C=O) groups is 1. The van der Waals surface area contributed by atoms with Crippen LogP contribution in [0.25, 0.3) is 0 Å². The number of anilines is 1. The molecule has 0 bridgehead atoms. The number of benzene rings is 1. The third-order valence-corrected chi connectivity index (χ3v) is 7.19. The van der Waals surface area contributed by atoms with Gasteiger partial charge in [0.15, 0.2) is 5.16 Å². The fourth-order valence-electron chi connectivity index (χ4n) is 2.64. The number of sulfonamides is 1. The van der Waals surface area contributed by atoms with E-state index >= 15 is 0 Å². The number of ether oxygens (including phenoxy) is 1. The van der Waals surface area contributed by atoms with Crippen LogP contribution < -0.4 is 5.32 Å². The second-order valence-corrected chi connectivity index (χ2v) is 8.98. The minimum atomic E-state index is -3.51. The van der Waals surface area contributed by atoms with Crippen molar-refractivity contribution in [3.63, 3.8) is 0 Å². The molecule has 11 heteroatoms. The van der Waals surface area contributed by atoms with Crippen molar-refractivity contribution in [3.8, 4) is 0 Å². The van der Waals surface area contributed by atoms with E-state index in [1.807, 2.05) is 4.57 Å². The molecule has 2 aromatic rings. The van der Waals surface area contributed by atoms with Gasteiger partial charge in [-0.15, -0.1) is 10.2 Å². The minimum Gasteiger partial charge on any atom is -0.385 e. The lowest BCUT2D eigenvalue weighted by Crippen LogP contribution is -2.30. The Morgan fingerprint density at radius 2 is 1.93 bits per heavy atom. The number of aromatic nitrogens is 3. The summed E-state index contributed by atoms with van der Waals surface area (Å²) in [4.78, 5) is 12.4. The molecular formula is C18H27N5O4S2. The standard InChI is InChI=1S/C18H27N5O4S2/c1-4-23(5-2)29(25,26)16-9-7-15(8-10-16)20-17(24)13-28-18-21-19-14-22(18)11-6-12-27-3/h7-10,14H,4-6,11-13H2,1-3H3,(H,20,24). The molecule has 0 radical (unpaired) electrons. The Kier molecular flexibility index (Phi) is 9.08. The van der Waals surface area contributed by atoms with Crippen LogP contribution in [0.3, 0.4) is 0 Å². The highest BCUT2D eigenvalue weighted by Gasteiger charge is 2.21. The number of rotatable bonds is 12. The summed E-state index contributed by atoms with van der Waals surface area (Å²) in [6.45, 7) is 5.77. The van der Waals surface area contributed by atoms with Crippen LogP contribution in [0.4, 0.5) is 5.69 Å². The number of aryl methyl sites for hydroxylation is 1. The third kappa shape index (κ3) is 6.53. The summed E-state index contributed by atoms with van der Waals surface area (Å²) in [7, 11) is -1.86. The second-order valence-electron chi connectivity index (χ2n) is 6.10. The van der Waals surface area contributed by atoms with E-state index in [1.54, 1.807) is 39.4 Å². The van der Waals surface area contributed by atoms with Gasteiger partial charge in [0.1, 0.15) is 6.33 Å². The van der Waals surface area contributed by atoms with E-state index in [-0.39, 0.29) is 16.6 Å². The first-order valence-corrected chi connectivity index (χ1v) is 11.7.